The summed E-state index contributed by atoms with van der Waals surface area (Å²) in [5, 5.41) is 30.3. The number of aromatic hydroxyl groups is 1. The zero-order valence-corrected chi connectivity index (χ0v) is 13.0. The number of hydrogen-bond donors (Lipinski definition) is 3. The highest BCUT2D eigenvalue weighted by molar-refractivity contribution is 5.87. The highest BCUT2D eigenvalue weighted by Crippen LogP contribution is 2.29. The fourth-order valence-electron chi connectivity index (χ4n) is 2.59. The van der Waals surface area contributed by atoms with Crippen LogP contribution in [0.3, 0.4) is 0 Å². The molecule has 2 aromatic rings. The van der Waals surface area contributed by atoms with Crippen molar-refractivity contribution in [2.45, 2.75) is 25.2 Å². The van der Waals surface area contributed by atoms with Crippen LogP contribution < -0.4 is 0 Å². The predicted molar refractivity (Wildman–Crippen MR) is 84.7 cm³/mol. The summed E-state index contributed by atoms with van der Waals surface area (Å²) in [5.74, 6) is -0.0100. The number of aliphatic hydroxyl groups excluding tert-OH is 2. The molecule has 2 aromatic carbocycles. The van der Waals surface area contributed by atoms with Crippen molar-refractivity contribution in [3.05, 3.63) is 42.0 Å². The van der Waals surface area contributed by atoms with Crippen LogP contribution in [0.4, 0.5) is 13.2 Å². The van der Waals surface area contributed by atoms with Crippen molar-refractivity contribution < 1.29 is 28.5 Å². The molecular formula is C17H20F3NO3. The van der Waals surface area contributed by atoms with Crippen molar-refractivity contribution in [3.63, 3.8) is 0 Å². The van der Waals surface area contributed by atoms with Crippen LogP contribution in [-0.4, -0.2) is 52.2 Å². The van der Waals surface area contributed by atoms with Crippen LogP contribution in [0.25, 0.3) is 10.8 Å². The SMILES string of the molecule is OC[C@@H](O)CN(CCC(F)(F)F)Cc1c(O)ccc2ccccc12. The summed E-state index contributed by atoms with van der Waals surface area (Å²) < 4.78 is 37.6. The first-order chi connectivity index (χ1) is 11.3. The maximum Gasteiger partial charge on any atom is 0.390 e. The maximum absolute atomic E-state index is 12.5. The lowest BCUT2D eigenvalue weighted by atomic mass is 10.0. The molecule has 0 aliphatic heterocycles. The number of phenolic OH excluding ortho intramolecular Hbond substituents is 1. The summed E-state index contributed by atoms with van der Waals surface area (Å²) in [7, 11) is 0. The van der Waals surface area contributed by atoms with Gasteiger partial charge < -0.3 is 15.3 Å². The Bertz CT molecular complexity index is 676. The summed E-state index contributed by atoms with van der Waals surface area (Å²) in [5.41, 5.74) is 0.500. The molecule has 0 radical (unpaired) electrons. The van der Waals surface area contributed by atoms with Crippen LogP contribution in [0.1, 0.15) is 12.0 Å². The Hall–Kier alpha value is -1.83. The number of hydrogen-bond acceptors (Lipinski definition) is 4. The number of benzene rings is 2. The molecule has 1 atom stereocenters. The van der Waals surface area contributed by atoms with Gasteiger partial charge in [0.2, 0.25) is 0 Å². The smallest absolute Gasteiger partial charge is 0.390 e. The number of rotatable bonds is 7. The van der Waals surface area contributed by atoms with Crippen molar-refractivity contribution in [1.82, 2.24) is 4.90 Å². The summed E-state index contributed by atoms with van der Waals surface area (Å²) >= 11 is 0. The van der Waals surface area contributed by atoms with Gasteiger partial charge in [0, 0.05) is 25.2 Å². The highest BCUT2D eigenvalue weighted by Gasteiger charge is 2.28. The van der Waals surface area contributed by atoms with E-state index in [-0.39, 0.29) is 25.4 Å². The minimum absolute atomic E-state index is 0.0100. The molecule has 0 aliphatic rings. The first-order valence-electron chi connectivity index (χ1n) is 7.58. The van der Waals surface area contributed by atoms with Crippen LogP contribution in [0.5, 0.6) is 5.75 Å². The van der Waals surface area contributed by atoms with Gasteiger partial charge >= 0.3 is 6.18 Å². The summed E-state index contributed by atoms with van der Waals surface area (Å²) in [6.45, 7) is -0.942. The lowest BCUT2D eigenvalue weighted by Crippen LogP contribution is -2.36. The molecule has 0 fully saturated rings. The van der Waals surface area contributed by atoms with Gasteiger partial charge in [0.25, 0.3) is 0 Å². The first-order valence-corrected chi connectivity index (χ1v) is 7.58. The van der Waals surface area contributed by atoms with E-state index in [0.29, 0.717) is 5.56 Å². The maximum atomic E-state index is 12.5. The largest absolute Gasteiger partial charge is 0.508 e. The molecule has 0 saturated carbocycles. The van der Waals surface area contributed by atoms with E-state index in [9.17, 15) is 23.4 Å². The third-order valence-electron chi connectivity index (χ3n) is 3.79. The molecule has 0 unspecified atom stereocenters. The minimum atomic E-state index is -4.32. The Morgan fingerprint density at radius 1 is 1.08 bits per heavy atom. The Morgan fingerprint density at radius 3 is 2.46 bits per heavy atom. The van der Waals surface area contributed by atoms with Crippen molar-refractivity contribution in [2.75, 3.05) is 19.7 Å². The van der Waals surface area contributed by atoms with Crippen LogP contribution in [0.2, 0.25) is 0 Å². The molecule has 0 heterocycles. The van der Waals surface area contributed by atoms with E-state index in [2.05, 4.69) is 0 Å². The second kappa shape index (κ2) is 7.83. The molecule has 0 amide bonds. The van der Waals surface area contributed by atoms with E-state index in [4.69, 9.17) is 5.11 Å². The molecule has 132 valence electrons. The average molecular weight is 343 g/mol. The van der Waals surface area contributed by atoms with Gasteiger partial charge in [-0.2, -0.15) is 13.2 Å². The second-order valence-electron chi connectivity index (χ2n) is 5.72. The number of aliphatic hydroxyl groups is 2. The quantitative estimate of drug-likeness (QED) is 0.723. The Kier molecular flexibility index (Phi) is 6.04. The zero-order chi connectivity index (χ0) is 17.7. The van der Waals surface area contributed by atoms with Gasteiger partial charge in [-0.1, -0.05) is 30.3 Å². The topological polar surface area (TPSA) is 63.9 Å². The van der Waals surface area contributed by atoms with Crippen molar-refractivity contribution in [1.29, 1.82) is 0 Å². The molecule has 4 nitrogen and oxygen atoms in total. The Balaban J connectivity index is 2.26. The van der Waals surface area contributed by atoms with Gasteiger partial charge in [0.15, 0.2) is 0 Å². The van der Waals surface area contributed by atoms with Crippen LogP contribution in [0, 0.1) is 0 Å². The average Bonchev–Trinajstić information content (AvgIpc) is 2.54. The van der Waals surface area contributed by atoms with Gasteiger partial charge in [-0.05, 0) is 16.8 Å². The van der Waals surface area contributed by atoms with Crippen molar-refractivity contribution in [3.8, 4) is 5.75 Å². The molecule has 2 rings (SSSR count). The number of nitrogens with zero attached hydrogens (tertiary/aromatic N) is 1. The van der Waals surface area contributed by atoms with Gasteiger partial charge in [-0.3, -0.25) is 4.90 Å². The van der Waals surface area contributed by atoms with E-state index < -0.39 is 25.3 Å². The fourth-order valence-corrected chi connectivity index (χ4v) is 2.59. The molecule has 3 N–H and O–H groups in total. The molecule has 24 heavy (non-hydrogen) atoms. The predicted octanol–water partition coefficient (Wildman–Crippen LogP) is 2.65. The minimum Gasteiger partial charge on any atom is -0.508 e. The van der Waals surface area contributed by atoms with Crippen LogP contribution in [-0.2, 0) is 6.54 Å². The molecule has 0 aromatic heterocycles. The third kappa shape index (κ3) is 5.09. The highest BCUT2D eigenvalue weighted by atomic mass is 19.4. The van der Waals surface area contributed by atoms with Crippen molar-refractivity contribution >= 4 is 10.8 Å². The lowest BCUT2D eigenvalue weighted by Gasteiger charge is -2.26. The van der Waals surface area contributed by atoms with Gasteiger partial charge in [0.05, 0.1) is 19.1 Å². The molecule has 7 heteroatoms. The third-order valence-corrected chi connectivity index (χ3v) is 3.79. The Morgan fingerprint density at radius 2 is 1.79 bits per heavy atom. The molecule has 0 aliphatic carbocycles. The lowest BCUT2D eigenvalue weighted by molar-refractivity contribution is -0.139. The van der Waals surface area contributed by atoms with Crippen LogP contribution >= 0.6 is 0 Å². The fraction of sp³-hybridized carbons (Fsp3) is 0.412. The van der Waals surface area contributed by atoms with E-state index in [1.165, 1.54) is 11.0 Å². The van der Waals surface area contributed by atoms with E-state index in [0.717, 1.165) is 10.8 Å². The monoisotopic (exact) mass is 343 g/mol. The molecule has 0 saturated heterocycles. The molecule has 0 spiro atoms. The normalized spacial score (nSPS) is 13.6. The summed E-state index contributed by atoms with van der Waals surface area (Å²) in [6, 6.07) is 10.5. The van der Waals surface area contributed by atoms with Gasteiger partial charge in [0.1, 0.15) is 5.75 Å². The van der Waals surface area contributed by atoms with Gasteiger partial charge in [-0.25, -0.2) is 0 Å². The number of halogens is 3. The van der Waals surface area contributed by atoms with E-state index in [1.807, 2.05) is 12.1 Å². The van der Waals surface area contributed by atoms with Crippen LogP contribution in [0.15, 0.2) is 36.4 Å². The van der Waals surface area contributed by atoms with Gasteiger partial charge in [-0.15, -0.1) is 0 Å². The second-order valence-corrected chi connectivity index (χ2v) is 5.72. The van der Waals surface area contributed by atoms with Crippen molar-refractivity contribution in [2.24, 2.45) is 0 Å². The van der Waals surface area contributed by atoms with E-state index >= 15 is 0 Å². The number of phenols is 1. The molecule has 0 bridgehead atoms. The molecular weight excluding hydrogens is 323 g/mol. The Labute approximate surface area is 137 Å². The summed E-state index contributed by atoms with van der Waals surface area (Å²) in [6.07, 6.45) is -6.49. The van der Waals surface area contributed by atoms with E-state index in [1.54, 1.807) is 18.2 Å². The standard InChI is InChI=1S/C17H20F3NO3/c18-17(19,20)7-8-21(9-13(23)11-22)10-15-14-4-2-1-3-12(14)5-6-16(15)24/h1-6,13,22-24H,7-11H2/t13-/m0/s1. The summed E-state index contributed by atoms with van der Waals surface area (Å²) in [4.78, 5) is 1.38. The number of alkyl halides is 3. The number of fused-ring (bicyclic) bond motifs is 1. The first kappa shape index (κ1) is 18.5. The zero-order valence-electron chi connectivity index (χ0n) is 13.0.